The van der Waals surface area contributed by atoms with Crippen LogP contribution in [0.2, 0.25) is 0 Å². The number of aliphatic carboxylic acids is 1. The van der Waals surface area contributed by atoms with E-state index in [1.807, 2.05) is 18.2 Å². The van der Waals surface area contributed by atoms with Gasteiger partial charge >= 0.3 is 5.97 Å². The summed E-state index contributed by atoms with van der Waals surface area (Å²) in [5.41, 5.74) is 2.29. The normalized spacial score (nSPS) is 12.0. The van der Waals surface area contributed by atoms with E-state index in [1.54, 1.807) is 36.4 Å². The average molecular weight is 515 g/mol. The summed E-state index contributed by atoms with van der Waals surface area (Å²) in [4.78, 5) is 60.0. The monoisotopic (exact) mass is 514 g/mol. The van der Waals surface area contributed by atoms with Gasteiger partial charge in [-0.3, -0.25) is 24.0 Å². The molecule has 36 heavy (non-hydrogen) atoms. The molecule has 0 spiro atoms. The first-order chi connectivity index (χ1) is 17.3. The minimum atomic E-state index is -1.37. The van der Waals surface area contributed by atoms with Gasteiger partial charge in [0.25, 0.3) is 0 Å². The maximum Gasteiger partial charge on any atom is 0.305 e. The molecule has 2 unspecified atom stereocenters. The van der Waals surface area contributed by atoms with Gasteiger partial charge in [-0.2, -0.15) is 12.6 Å². The molecule has 0 aliphatic rings. The highest BCUT2D eigenvalue weighted by Crippen LogP contribution is 2.07. The third-order valence-electron chi connectivity index (χ3n) is 5.13. The van der Waals surface area contributed by atoms with Crippen molar-refractivity contribution in [3.05, 3.63) is 71.3 Å². The molecule has 0 aromatic heterocycles. The molecular formula is C25H30N4O6S. The van der Waals surface area contributed by atoms with E-state index in [9.17, 15) is 29.1 Å². The number of rotatable bonds is 15. The molecule has 0 saturated carbocycles. The van der Waals surface area contributed by atoms with E-state index < -0.39 is 42.2 Å². The second-order valence-corrected chi connectivity index (χ2v) is 8.42. The van der Waals surface area contributed by atoms with Gasteiger partial charge in [0.15, 0.2) is 0 Å². The Kier molecular flexibility index (Phi) is 12.0. The molecule has 4 amide bonds. The summed E-state index contributed by atoms with van der Waals surface area (Å²) in [6.45, 7) is 0.644. The number of carboxylic acids is 1. The zero-order valence-corrected chi connectivity index (χ0v) is 20.5. The Morgan fingerprint density at radius 1 is 0.861 bits per heavy atom. The van der Waals surface area contributed by atoms with Crippen molar-refractivity contribution >= 4 is 42.7 Å². The fraction of sp³-hybridized carbons (Fsp3) is 0.320. The highest BCUT2D eigenvalue weighted by molar-refractivity contribution is 7.80. The fourth-order valence-electron chi connectivity index (χ4n) is 3.38. The SMILES string of the molecule is O=CNCc1ccc(CC(=O)NC(CC(=O)O)C(=O)NC(Cc2ccccc2)C(=O)NCCS)cc1. The Labute approximate surface area is 214 Å². The van der Waals surface area contributed by atoms with Gasteiger partial charge in [-0.15, -0.1) is 0 Å². The predicted octanol–water partition coefficient (Wildman–Crippen LogP) is 0.208. The molecule has 11 heteroatoms. The van der Waals surface area contributed by atoms with Crippen LogP contribution in [0.1, 0.15) is 23.1 Å². The van der Waals surface area contributed by atoms with E-state index in [2.05, 4.69) is 33.9 Å². The largest absolute Gasteiger partial charge is 0.481 e. The Morgan fingerprint density at radius 3 is 2.14 bits per heavy atom. The maximum absolute atomic E-state index is 13.0. The minimum Gasteiger partial charge on any atom is -0.481 e. The third-order valence-corrected chi connectivity index (χ3v) is 5.36. The Morgan fingerprint density at radius 2 is 1.53 bits per heavy atom. The summed E-state index contributed by atoms with van der Waals surface area (Å²) < 4.78 is 0. The van der Waals surface area contributed by atoms with Crippen molar-refractivity contribution in [2.24, 2.45) is 0 Å². The van der Waals surface area contributed by atoms with Gasteiger partial charge in [-0.25, -0.2) is 0 Å². The summed E-state index contributed by atoms with van der Waals surface area (Å²) in [5, 5.41) is 19.5. The van der Waals surface area contributed by atoms with Crippen LogP contribution in [0.5, 0.6) is 0 Å². The first-order valence-electron chi connectivity index (χ1n) is 11.3. The van der Waals surface area contributed by atoms with Crippen LogP contribution in [0.15, 0.2) is 54.6 Å². The van der Waals surface area contributed by atoms with Crippen molar-refractivity contribution in [3.8, 4) is 0 Å². The number of benzene rings is 2. The molecule has 0 radical (unpaired) electrons. The lowest BCUT2D eigenvalue weighted by Crippen LogP contribution is -2.55. The topological polar surface area (TPSA) is 154 Å². The van der Waals surface area contributed by atoms with Crippen LogP contribution in [0, 0.1) is 0 Å². The molecule has 0 heterocycles. The van der Waals surface area contributed by atoms with E-state index in [0.29, 0.717) is 30.8 Å². The van der Waals surface area contributed by atoms with Crippen LogP contribution in [0.4, 0.5) is 0 Å². The molecule has 5 N–H and O–H groups in total. The molecule has 0 aliphatic heterocycles. The lowest BCUT2D eigenvalue weighted by Gasteiger charge is -2.22. The van der Waals surface area contributed by atoms with E-state index in [1.165, 1.54) is 0 Å². The predicted molar refractivity (Wildman–Crippen MR) is 136 cm³/mol. The van der Waals surface area contributed by atoms with Crippen molar-refractivity contribution in [2.75, 3.05) is 12.3 Å². The van der Waals surface area contributed by atoms with Gasteiger partial charge in [-0.05, 0) is 16.7 Å². The summed E-state index contributed by atoms with van der Waals surface area (Å²) in [7, 11) is 0. The van der Waals surface area contributed by atoms with Crippen LogP contribution >= 0.6 is 12.6 Å². The molecule has 0 saturated heterocycles. The van der Waals surface area contributed by atoms with Crippen LogP contribution in [-0.2, 0) is 43.4 Å². The number of hydrogen-bond donors (Lipinski definition) is 6. The van der Waals surface area contributed by atoms with Gasteiger partial charge in [-0.1, -0.05) is 54.6 Å². The van der Waals surface area contributed by atoms with Gasteiger partial charge in [0.2, 0.25) is 24.1 Å². The zero-order valence-electron chi connectivity index (χ0n) is 19.6. The summed E-state index contributed by atoms with van der Waals surface area (Å²) in [6.07, 6.45) is 0.0400. The Balaban J connectivity index is 2.07. The Bertz CT molecular complexity index is 1030. The molecule has 0 fully saturated rings. The van der Waals surface area contributed by atoms with Gasteiger partial charge < -0.3 is 26.4 Å². The second-order valence-electron chi connectivity index (χ2n) is 7.98. The van der Waals surface area contributed by atoms with Crippen molar-refractivity contribution < 1.29 is 29.1 Å². The lowest BCUT2D eigenvalue weighted by atomic mass is 10.0. The van der Waals surface area contributed by atoms with Gasteiger partial charge in [0.1, 0.15) is 12.1 Å². The summed E-state index contributed by atoms with van der Waals surface area (Å²) in [5.74, 6) is -2.63. The standard InChI is InChI=1S/C25H30N4O6S/c30-16-26-15-19-8-6-18(7-9-19)13-22(31)28-21(14-23(32)33)25(35)29-20(24(34)27-10-11-36)12-17-4-2-1-3-5-17/h1-9,16,20-21,36H,10-15H2,(H,26,30)(H,27,34)(H,28,31)(H,29,35)(H,32,33). The molecule has 2 atom stereocenters. The number of carbonyl (C=O) groups is 5. The number of nitrogens with one attached hydrogen (secondary N) is 4. The number of carboxylic acid groups (broad SMARTS) is 1. The summed E-state index contributed by atoms with van der Waals surface area (Å²) in [6, 6.07) is 13.6. The number of amides is 4. The number of carbonyl (C=O) groups excluding carboxylic acids is 4. The second kappa shape index (κ2) is 15.2. The minimum absolute atomic E-state index is 0.0827. The van der Waals surface area contributed by atoms with Crippen LogP contribution in [0.25, 0.3) is 0 Å². The highest BCUT2D eigenvalue weighted by Gasteiger charge is 2.28. The fourth-order valence-corrected chi connectivity index (χ4v) is 3.49. The van der Waals surface area contributed by atoms with E-state index in [-0.39, 0.29) is 12.8 Å². The third kappa shape index (κ3) is 10.2. The number of hydrogen-bond acceptors (Lipinski definition) is 6. The zero-order chi connectivity index (χ0) is 26.3. The van der Waals surface area contributed by atoms with Gasteiger partial charge in [0.05, 0.1) is 12.8 Å². The van der Waals surface area contributed by atoms with E-state index >= 15 is 0 Å². The van der Waals surface area contributed by atoms with Crippen LogP contribution in [0.3, 0.4) is 0 Å². The average Bonchev–Trinajstić information content (AvgIpc) is 2.86. The highest BCUT2D eigenvalue weighted by atomic mass is 32.1. The molecule has 192 valence electrons. The van der Waals surface area contributed by atoms with Crippen LogP contribution < -0.4 is 21.3 Å². The molecule has 2 aromatic carbocycles. The molecule has 10 nitrogen and oxygen atoms in total. The van der Waals surface area contributed by atoms with E-state index in [0.717, 1.165) is 11.1 Å². The quantitative estimate of drug-likeness (QED) is 0.148. The molecule has 2 rings (SSSR count). The van der Waals surface area contributed by atoms with Crippen molar-refractivity contribution in [1.29, 1.82) is 0 Å². The smallest absolute Gasteiger partial charge is 0.305 e. The lowest BCUT2D eigenvalue weighted by molar-refractivity contribution is -0.141. The van der Waals surface area contributed by atoms with Crippen molar-refractivity contribution in [2.45, 2.75) is 37.9 Å². The Hall–Kier alpha value is -3.86. The first kappa shape index (κ1) is 28.4. The van der Waals surface area contributed by atoms with E-state index in [4.69, 9.17) is 0 Å². The molecular weight excluding hydrogens is 484 g/mol. The summed E-state index contributed by atoms with van der Waals surface area (Å²) >= 11 is 4.07. The first-order valence-corrected chi connectivity index (χ1v) is 11.9. The van der Waals surface area contributed by atoms with Gasteiger partial charge in [0, 0.05) is 25.3 Å². The van der Waals surface area contributed by atoms with Crippen molar-refractivity contribution in [1.82, 2.24) is 21.3 Å². The van der Waals surface area contributed by atoms with Crippen LogP contribution in [-0.4, -0.2) is 59.6 Å². The molecule has 0 aliphatic carbocycles. The van der Waals surface area contributed by atoms with Crippen molar-refractivity contribution in [3.63, 3.8) is 0 Å². The maximum atomic E-state index is 13.0. The number of thiol groups is 1. The molecule has 2 aromatic rings. The molecule has 0 bridgehead atoms.